The van der Waals surface area contributed by atoms with Crippen LogP contribution in [-0.2, 0) is 0 Å². The molecule has 8 nitrogen and oxygen atoms in total. The van der Waals surface area contributed by atoms with E-state index in [0.717, 1.165) is 36.8 Å². The predicted molar refractivity (Wildman–Crippen MR) is 106 cm³/mol. The fraction of sp³-hybridized carbons (Fsp3) is 0.579. The maximum atomic E-state index is 11.2. The van der Waals surface area contributed by atoms with Crippen LogP contribution in [-0.4, -0.2) is 62.3 Å². The average molecular weight is 377 g/mol. The number of guanidine groups is 1. The summed E-state index contributed by atoms with van der Waals surface area (Å²) in [6, 6.07) is 7.46. The predicted octanol–water partition coefficient (Wildman–Crippen LogP) is 1.56. The Balaban J connectivity index is 1.85. The fourth-order valence-electron chi connectivity index (χ4n) is 2.92. The van der Waals surface area contributed by atoms with Gasteiger partial charge in [-0.05, 0) is 38.8 Å². The lowest BCUT2D eigenvalue weighted by atomic mass is 10.1. The van der Waals surface area contributed by atoms with Gasteiger partial charge in [-0.15, -0.1) is 0 Å². The number of urea groups is 1. The molecule has 0 spiro atoms. The number of rotatable bonds is 7. The third kappa shape index (κ3) is 6.88. The van der Waals surface area contributed by atoms with E-state index < -0.39 is 0 Å². The topological polar surface area (TPSA) is 101 Å². The monoisotopic (exact) mass is 377 g/mol. The molecule has 150 valence electrons. The molecule has 0 aromatic heterocycles. The van der Waals surface area contributed by atoms with Crippen molar-refractivity contribution < 1.29 is 14.3 Å². The largest absolute Gasteiger partial charge is 0.497 e. The van der Waals surface area contributed by atoms with Crippen LogP contribution in [0.15, 0.2) is 29.3 Å². The van der Waals surface area contributed by atoms with Gasteiger partial charge >= 0.3 is 6.03 Å². The van der Waals surface area contributed by atoms with Crippen molar-refractivity contribution in [3.63, 3.8) is 0 Å². The molecular formula is C19H31N5O3. The first-order valence-corrected chi connectivity index (χ1v) is 9.41. The van der Waals surface area contributed by atoms with E-state index in [-0.39, 0.29) is 18.2 Å². The van der Waals surface area contributed by atoms with E-state index in [0.29, 0.717) is 19.6 Å². The van der Waals surface area contributed by atoms with Gasteiger partial charge in [-0.3, -0.25) is 0 Å². The molecule has 1 aromatic carbocycles. The van der Waals surface area contributed by atoms with Crippen molar-refractivity contribution in [3.8, 4) is 11.5 Å². The van der Waals surface area contributed by atoms with Crippen LogP contribution < -0.4 is 25.8 Å². The van der Waals surface area contributed by atoms with Crippen molar-refractivity contribution in [3.05, 3.63) is 24.3 Å². The number of hydrogen-bond acceptors (Lipinski definition) is 4. The number of ether oxygens (including phenoxy) is 2. The third-order valence-electron chi connectivity index (χ3n) is 4.38. The van der Waals surface area contributed by atoms with Crippen molar-refractivity contribution in [1.29, 1.82) is 0 Å². The summed E-state index contributed by atoms with van der Waals surface area (Å²) in [4.78, 5) is 17.5. The molecule has 8 heteroatoms. The third-order valence-corrected chi connectivity index (χ3v) is 4.38. The number of amides is 2. The van der Waals surface area contributed by atoms with E-state index in [1.54, 1.807) is 12.0 Å². The molecule has 1 aliphatic heterocycles. The van der Waals surface area contributed by atoms with E-state index in [1.807, 2.05) is 38.1 Å². The molecule has 0 aliphatic carbocycles. The molecule has 1 fully saturated rings. The lowest BCUT2D eigenvalue weighted by Gasteiger charge is -2.32. The van der Waals surface area contributed by atoms with E-state index >= 15 is 0 Å². The number of carbonyl (C=O) groups excluding carboxylic acids is 1. The SMILES string of the molecule is CCNC(=NCC(C)Oc1cccc(OC)c1)NC1CCN(C(N)=O)CC1. The summed E-state index contributed by atoms with van der Waals surface area (Å²) in [5.41, 5.74) is 5.33. The number of piperidine rings is 1. The van der Waals surface area contributed by atoms with Crippen LogP contribution in [0.2, 0.25) is 0 Å². The fourth-order valence-corrected chi connectivity index (χ4v) is 2.92. The zero-order valence-corrected chi connectivity index (χ0v) is 16.4. The first-order chi connectivity index (χ1) is 13.0. The summed E-state index contributed by atoms with van der Waals surface area (Å²) in [6.07, 6.45) is 1.62. The maximum absolute atomic E-state index is 11.2. The van der Waals surface area contributed by atoms with Gasteiger partial charge in [-0.25, -0.2) is 9.79 Å². The van der Waals surface area contributed by atoms with Crippen LogP contribution in [0.25, 0.3) is 0 Å². The summed E-state index contributed by atoms with van der Waals surface area (Å²) in [7, 11) is 1.63. The molecule has 0 saturated carbocycles. The minimum atomic E-state index is -0.350. The maximum Gasteiger partial charge on any atom is 0.314 e. The second-order valence-electron chi connectivity index (χ2n) is 6.57. The van der Waals surface area contributed by atoms with Gasteiger partial charge in [0.25, 0.3) is 0 Å². The first kappa shape index (κ1) is 20.7. The average Bonchev–Trinajstić information content (AvgIpc) is 2.67. The Hall–Kier alpha value is -2.64. The number of nitrogens with zero attached hydrogens (tertiary/aromatic N) is 2. The van der Waals surface area contributed by atoms with Gasteiger partial charge in [0.2, 0.25) is 0 Å². The van der Waals surface area contributed by atoms with Gasteiger partial charge in [0.15, 0.2) is 5.96 Å². The van der Waals surface area contributed by atoms with Gasteiger partial charge in [-0.2, -0.15) is 0 Å². The highest BCUT2D eigenvalue weighted by Crippen LogP contribution is 2.20. The summed E-state index contributed by atoms with van der Waals surface area (Å²) in [5, 5.41) is 6.70. The minimum Gasteiger partial charge on any atom is -0.497 e. The van der Waals surface area contributed by atoms with Gasteiger partial charge in [0.05, 0.1) is 13.7 Å². The number of nitrogens with one attached hydrogen (secondary N) is 2. The number of carbonyl (C=O) groups is 1. The highest BCUT2D eigenvalue weighted by Gasteiger charge is 2.21. The van der Waals surface area contributed by atoms with Crippen molar-refractivity contribution in [2.45, 2.75) is 38.8 Å². The molecule has 2 amide bonds. The van der Waals surface area contributed by atoms with Gasteiger partial charge in [0, 0.05) is 31.7 Å². The summed E-state index contributed by atoms with van der Waals surface area (Å²) < 4.78 is 11.1. The zero-order chi connectivity index (χ0) is 19.6. The lowest BCUT2D eigenvalue weighted by Crippen LogP contribution is -2.50. The standard InChI is InChI=1S/C19H31N5O3/c1-4-21-19(23-15-8-10-24(11-9-15)18(20)25)22-13-14(2)27-17-7-5-6-16(12-17)26-3/h5-7,12,14-15H,4,8-11,13H2,1-3H3,(H2,20,25)(H2,21,22,23). The number of methoxy groups -OCH3 is 1. The van der Waals surface area contributed by atoms with Crippen LogP contribution in [0, 0.1) is 0 Å². The Morgan fingerprint density at radius 3 is 2.70 bits per heavy atom. The Kier molecular flexibility index (Phi) is 8.03. The number of benzene rings is 1. The molecule has 27 heavy (non-hydrogen) atoms. The zero-order valence-electron chi connectivity index (χ0n) is 16.4. The normalized spacial score (nSPS) is 16.6. The Bertz CT molecular complexity index is 630. The summed E-state index contributed by atoms with van der Waals surface area (Å²) in [6.45, 7) is 6.65. The van der Waals surface area contributed by atoms with Crippen molar-refractivity contribution >= 4 is 12.0 Å². The van der Waals surface area contributed by atoms with E-state index in [4.69, 9.17) is 15.2 Å². The van der Waals surface area contributed by atoms with Gasteiger partial charge in [0.1, 0.15) is 17.6 Å². The first-order valence-electron chi connectivity index (χ1n) is 9.41. The van der Waals surface area contributed by atoms with Gasteiger partial charge in [-0.1, -0.05) is 6.07 Å². The number of aliphatic imine (C=N–C) groups is 1. The molecule has 1 atom stereocenters. The summed E-state index contributed by atoms with van der Waals surface area (Å²) in [5.74, 6) is 2.28. The molecule has 1 aliphatic rings. The smallest absolute Gasteiger partial charge is 0.314 e. The second kappa shape index (κ2) is 10.5. The molecule has 4 N–H and O–H groups in total. The number of likely N-dealkylation sites (tertiary alicyclic amines) is 1. The van der Waals surface area contributed by atoms with Crippen LogP contribution in [0.3, 0.4) is 0 Å². The number of hydrogen-bond donors (Lipinski definition) is 3. The molecule has 1 heterocycles. The number of primary amides is 1. The van der Waals surface area contributed by atoms with E-state index in [2.05, 4.69) is 15.6 Å². The molecule has 0 bridgehead atoms. The highest BCUT2D eigenvalue weighted by atomic mass is 16.5. The van der Waals surface area contributed by atoms with Crippen molar-refractivity contribution in [2.24, 2.45) is 10.7 Å². The van der Waals surface area contributed by atoms with Crippen LogP contribution in [0.4, 0.5) is 4.79 Å². The van der Waals surface area contributed by atoms with Crippen LogP contribution >= 0.6 is 0 Å². The highest BCUT2D eigenvalue weighted by molar-refractivity contribution is 5.80. The van der Waals surface area contributed by atoms with Crippen molar-refractivity contribution in [1.82, 2.24) is 15.5 Å². The molecule has 1 saturated heterocycles. The van der Waals surface area contributed by atoms with E-state index in [1.165, 1.54) is 0 Å². The van der Waals surface area contributed by atoms with Crippen molar-refractivity contribution in [2.75, 3.05) is 33.3 Å². The Labute approximate surface area is 161 Å². The Morgan fingerprint density at radius 2 is 2.07 bits per heavy atom. The van der Waals surface area contributed by atoms with Crippen LogP contribution in [0.5, 0.6) is 11.5 Å². The quantitative estimate of drug-likeness (QED) is 0.494. The molecule has 0 radical (unpaired) electrons. The molecule has 1 aromatic rings. The minimum absolute atomic E-state index is 0.0794. The molecule has 1 unspecified atom stereocenters. The van der Waals surface area contributed by atoms with E-state index in [9.17, 15) is 4.79 Å². The second-order valence-corrected chi connectivity index (χ2v) is 6.57. The van der Waals surface area contributed by atoms with Gasteiger partial charge < -0.3 is 30.7 Å². The number of nitrogens with two attached hydrogens (primary N) is 1. The lowest BCUT2D eigenvalue weighted by molar-refractivity contribution is 0.188. The Morgan fingerprint density at radius 1 is 1.37 bits per heavy atom. The summed E-state index contributed by atoms with van der Waals surface area (Å²) >= 11 is 0. The molecular weight excluding hydrogens is 346 g/mol. The molecule has 2 rings (SSSR count). The van der Waals surface area contributed by atoms with Crippen LogP contribution in [0.1, 0.15) is 26.7 Å².